The van der Waals surface area contributed by atoms with Crippen LogP contribution >= 0.6 is 0 Å². The predicted molar refractivity (Wildman–Crippen MR) is 108 cm³/mol. The van der Waals surface area contributed by atoms with Crippen LogP contribution in [0.4, 0.5) is 0 Å². The lowest BCUT2D eigenvalue weighted by molar-refractivity contribution is -0.115. The Morgan fingerprint density at radius 2 is 1.93 bits per heavy atom. The highest BCUT2D eigenvalue weighted by Gasteiger charge is 2.32. The number of methoxy groups -OCH3 is 1. The van der Waals surface area contributed by atoms with Crippen LogP contribution in [0.3, 0.4) is 0 Å². The third-order valence-corrected chi connectivity index (χ3v) is 5.67. The lowest BCUT2D eigenvalue weighted by Gasteiger charge is -2.31. The largest absolute Gasteiger partial charge is 0.500 e. The molecule has 0 radical (unpaired) electrons. The Hall–Kier alpha value is -2.05. The molecule has 0 bridgehead atoms. The molecule has 1 fully saturated rings. The summed E-state index contributed by atoms with van der Waals surface area (Å²) in [4.78, 5) is 13.1. The molecule has 3 nitrogen and oxygen atoms in total. The van der Waals surface area contributed by atoms with Crippen LogP contribution < -0.4 is 0 Å². The Bertz CT molecular complexity index is 778. The van der Waals surface area contributed by atoms with Crippen LogP contribution in [0.5, 0.6) is 0 Å². The second-order valence-corrected chi connectivity index (χ2v) is 7.78. The molecule has 144 valence electrons. The van der Waals surface area contributed by atoms with E-state index in [0.29, 0.717) is 18.4 Å². The van der Waals surface area contributed by atoms with Gasteiger partial charge in [0.2, 0.25) is 0 Å². The minimum absolute atomic E-state index is 0.194. The molecule has 3 rings (SSSR count). The van der Waals surface area contributed by atoms with Crippen LogP contribution in [-0.2, 0) is 14.3 Å². The minimum Gasteiger partial charge on any atom is -0.500 e. The van der Waals surface area contributed by atoms with Crippen LogP contribution in [0.2, 0.25) is 0 Å². The van der Waals surface area contributed by atoms with Crippen LogP contribution in [0.15, 0.2) is 17.9 Å². The summed E-state index contributed by atoms with van der Waals surface area (Å²) >= 11 is 0. The molecular formula is C24H30O3. The molecule has 2 unspecified atom stereocenters. The molecule has 27 heavy (non-hydrogen) atoms. The van der Waals surface area contributed by atoms with Gasteiger partial charge in [0.05, 0.1) is 18.8 Å². The Labute approximate surface area is 163 Å². The molecule has 0 N–H and O–H groups in total. The molecule has 2 aliphatic rings. The fourth-order valence-electron chi connectivity index (χ4n) is 4.53. The van der Waals surface area contributed by atoms with Crippen molar-refractivity contribution in [1.29, 1.82) is 0 Å². The standard InChI is InChI=1S/C24H30O3/c1-5-8-18-11-16(2)23(17(3)12-18)24-21(25)14-19(15-22(24)26-4)13-20-9-6-7-10-27-20/h11-12,19-20H,6-7,9-10,13-15H2,1-4H3. The average Bonchev–Trinajstić information content (AvgIpc) is 2.63. The third kappa shape index (κ3) is 4.45. The highest BCUT2D eigenvalue weighted by Crippen LogP contribution is 2.39. The Morgan fingerprint density at radius 1 is 1.19 bits per heavy atom. The average molecular weight is 367 g/mol. The summed E-state index contributed by atoms with van der Waals surface area (Å²) in [6.45, 7) is 6.80. The number of Topliss-reactive ketones (excluding diaryl/α,β-unsaturated/α-hetero) is 1. The highest BCUT2D eigenvalue weighted by atomic mass is 16.5. The van der Waals surface area contributed by atoms with Crippen molar-refractivity contribution in [2.45, 2.75) is 65.4 Å². The van der Waals surface area contributed by atoms with E-state index in [2.05, 4.69) is 37.8 Å². The molecule has 2 atom stereocenters. The summed E-state index contributed by atoms with van der Waals surface area (Å²) in [5.41, 5.74) is 4.95. The number of ketones is 1. The number of carbonyl (C=O) groups excluding carboxylic acids is 1. The summed E-state index contributed by atoms with van der Waals surface area (Å²) in [5.74, 6) is 7.39. The smallest absolute Gasteiger partial charge is 0.167 e. The number of aryl methyl sites for hydroxylation is 2. The zero-order chi connectivity index (χ0) is 19.4. The van der Waals surface area contributed by atoms with Crippen molar-refractivity contribution < 1.29 is 14.3 Å². The Morgan fingerprint density at radius 3 is 2.52 bits per heavy atom. The van der Waals surface area contributed by atoms with Crippen LogP contribution in [-0.4, -0.2) is 25.6 Å². The molecule has 1 aliphatic heterocycles. The van der Waals surface area contributed by atoms with E-state index in [1.807, 2.05) is 6.92 Å². The van der Waals surface area contributed by atoms with Gasteiger partial charge < -0.3 is 9.47 Å². The summed E-state index contributed by atoms with van der Waals surface area (Å²) < 4.78 is 11.6. The highest BCUT2D eigenvalue weighted by molar-refractivity contribution is 6.22. The van der Waals surface area contributed by atoms with E-state index in [0.717, 1.165) is 65.9 Å². The predicted octanol–water partition coefficient (Wildman–Crippen LogP) is 4.97. The topological polar surface area (TPSA) is 35.5 Å². The van der Waals surface area contributed by atoms with E-state index in [-0.39, 0.29) is 5.78 Å². The van der Waals surface area contributed by atoms with Gasteiger partial charge in [0.15, 0.2) is 5.78 Å². The van der Waals surface area contributed by atoms with Gasteiger partial charge in [-0.05, 0) is 81.2 Å². The van der Waals surface area contributed by atoms with Crippen molar-refractivity contribution in [2.24, 2.45) is 5.92 Å². The maximum absolute atomic E-state index is 13.1. The van der Waals surface area contributed by atoms with Crippen LogP contribution in [0.25, 0.3) is 5.57 Å². The number of benzene rings is 1. The number of carbonyl (C=O) groups is 1. The molecule has 0 spiro atoms. The number of rotatable bonds is 4. The fourth-order valence-corrected chi connectivity index (χ4v) is 4.53. The van der Waals surface area contributed by atoms with Gasteiger partial charge in [-0.3, -0.25) is 4.79 Å². The van der Waals surface area contributed by atoms with Gasteiger partial charge in [0.1, 0.15) is 5.76 Å². The summed E-state index contributed by atoms with van der Waals surface area (Å²) in [5, 5.41) is 0. The lowest BCUT2D eigenvalue weighted by atomic mass is 9.79. The van der Waals surface area contributed by atoms with Gasteiger partial charge in [-0.25, -0.2) is 0 Å². The van der Waals surface area contributed by atoms with Crippen molar-refractivity contribution in [3.05, 3.63) is 40.1 Å². The number of allylic oxidation sites excluding steroid dienone is 2. The molecule has 0 aromatic heterocycles. The van der Waals surface area contributed by atoms with Gasteiger partial charge in [0, 0.05) is 25.0 Å². The van der Waals surface area contributed by atoms with E-state index >= 15 is 0 Å². The van der Waals surface area contributed by atoms with Crippen molar-refractivity contribution in [2.75, 3.05) is 13.7 Å². The summed E-state index contributed by atoms with van der Waals surface area (Å²) in [6.07, 6.45) is 6.15. The van der Waals surface area contributed by atoms with Gasteiger partial charge in [-0.15, -0.1) is 5.92 Å². The molecule has 1 aromatic carbocycles. The molecule has 1 aliphatic carbocycles. The number of hydrogen-bond acceptors (Lipinski definition) is 3. The number of hydrogen-bond donors (Lipinski definition) is 0. The first-order chi connectivity index (χ1) is 13.0. The van der Waals surface area contributed by atoms with Gasteiger partial charge in [-0.1, -0.05) is 5.92 Å². The lowest BCUT2D eigenvalue weighted by Crippen LogP contribution is -2.27. The Kier molecular flexibility index (Phi) is 6.39. The van der Waals surface area contributed by atoms with Crippen LogP contribution in [0.1, 0.15) is 67.7 Å². The molecular weight excluding hydrogens is 336 g/mol. The first kappa shape index (κ1) is 19.7. The van der Waals surface area contributed by atoms with E-state index < -0.39 is 0 Å². The monoisotopic (exact) mass is 366 g/mol. The zero-order valence-corrected chi connectivity index (χ0v) is 17.0. The SMILES string of the molecule is CC#Cc1cc(C)c(C2=C(OC)CC(CC3CCCCO3)CC2=O)c(C)c1. The molecule has 0 amide bonds. The number of ether oxygens (including phenoxy) is 2. The Balaban J connectivity index is 1.90. The summed E-state index contributed by atoms with van der Waals surface area (Å²) in [6, 6.07) is 4.13. The van der Waals surface area contributed by atoms with E-state index in [4.69, 9.17) is 9.47 Å². The minimum atomic E-state index is 0.194. The second kappa shape index (κ2) is 8.76. The second-order valence-electron chi connectivity index (χ2n) is 7.78. The molecule has 0 saturated carbocycles. The first-order valence-corrected chi connectivity index (χ1v) is 9.99. The van der Waals surface area contributed by atoms with Crippen molar-refractivity contribution in [3.8, 4) is 11.8 Å². The van der Waals surface area contributed by atoms with E-state index in [9.17, 15) is 4.79 Å². The van der Waals surface area contributed by atoms with Gasteiger partial charge in [-0.2, -0.15) is 0 Å². The van der Waals surface area contributed by atoms with Gasteiger partial charge >= 0.3 is 0 Å². The summed E-state index contributed by atoms with van der Waals surface area (Å²) in [7, 11) is 1.68. The maximum atomic E-state index is 13.1. The van der Waals surface area contributed by atoms with Gasteiger partial charge in [0.25, 0.3) is 0 Å². The molecule has 1 saturated heterocycles. The van der Waals surface area contributed by atoms with Crippen molar-refractivity contribution in [1.82, 2.24) is 0 Å². The zero-order valence-electron chi connectivity index (χ0n) is 17.0. The van der Waals surface area contributed by atoms with Crippen LogP contribution in [0, 0.1) is 31.6 Å². The maximum Gasteiger partial charge on any atom is 0.167 e. The molecule has 1 aromatic rings. The first-order valence-electron chi connectivity index (χ1n) is 9.99. The fraction of sp³-hybridized carbons (Fsp3) is 0.542. The van der Waals surface area contributed by atoms with E-state index in [1.165, 1.54) is 6.42 Å². The van der Waals surface area contributed by atoms with E-state index in [1.54, 1.807) is 7.11 Å². The quantitative estimate of drug-likeness (QED) is 0.706. The normalized spacial score (nSPS) is 23.0. The molecule has 1 heterocycles. The van der Waals surface area contributed by atoms with Crippen molar-refractivity contribution in [3.63, 3.8) is 0 Å². The third-order valence-electron chi connectivity index (χ3n) is 5.67. The molecule has 3 heteroatoms. The van der Waals surface area contributed by atoms with Crippen molar-refractivity contribution >= 4 is 11.4 Å².